The number of nitrogens with one attached hydrogen (secondary N) is 1. The fraction of sp³-hybridized carbons (Fsp3) is 0.567. The van der Waals surface area contributed by atoms with Crippen molar-refractivity contribution in [3.05, 3.63) is 53.2 Å². The molecule has 2 aromatic rings. The zero-order valence-corrected chi connectivity index (χ0v) is 22.6. The van der Waals surface area contributed by atoms with Crippen LogP contribution in [0.3, 0.4) is 0 Å². The van der Waals surface area contributed by atoms with Gasteiger partial charge in [0.15, 0.2) is 0 Å². The predicted molar refractivity (Wildman–Crippen MR) is 146 cm³/mol. The highest BCUT2D eigenvalue weighted by molar-refractivity contribution is 5.80. The summed E-state index contributed by atoms with van der Waals surface area (Å²) in [4.78, 5) is 34.5. The Balaban J connectivity index is 1.16. The van der Waals surface area contributed by atoms with Crippen LogP contribution in [0.15, 0.2) is 36.4 Å². The Hall–Kier alpha value is -3.13. The number of fused-ring (bicyclic) bond motifs is 1. The van der Waals surface area contributed by atoms with Gasteiger partial charge in [0.2, 0.25) is 5.91 Å². The van der Waals surface area contributed by atoms with Gasteiger partial charge in [-0.05, 0) is 76.0 Å². The molecular formula is C30H40N4O4. The van der Waals surface area contributed by atoms with Gasteiger partial charge in [0, 0.05) is 44.0 Å². The van der Waals surface area contributed by atoms with Crippen molar-refractivity contribution in [3.63, 3.8) is 0 Å². The minimum absolute atomic E-state index is 0.0543. The first kappa shape index (κ1) is 26.5. The molecule has 0 spiro atoms. The zero-order valence-electron chi connectivity index (χ0n) is 22.6. The Labute approximate surface area is 225 Å². The lowest BCUT2D eigenvalue weighted by Crippen LogP contribution is -2.38. The second kappa shape index (κ2) is 11.7. The minimum Gasteiger partial charge on any atom is -0.491 e. The molecule has 3 aliphatic heterocycles. The molecule has 8 heteroatoms. The molecule has 204 valence electrons. The average molecular weight is 521 g/mol. The van der Waals surface area contributed by atoms with Crippen LogP contribution in [-0.4, -0.2) is 70.6 Å². The summed E-state index contributed by atoms with van der Waals surface area (Å²) in [6, 6.07) is 10.9. The van der Waals surface area contributed by atoms with Gasteiger partial charge in [-0.1, -0.05) is 24.3 Å². The molecule has 2 saturated heterocycles. The third-order valence-electron chi connectivity index (χ3n) is 8.10. The number of carbonyl (C=O) groups is 2. The van der Waals surface area contributed by atoms with Crippen LogP contribution in [0.4, 0.5) is 5.82 Å². The Bertz CT molecular complexity index is 1150. The summed E-state index contributed by atoms with van der Waals surface area (Å²) in [6.07, 6.45) is 5.86. The number of aliphatic carboxylic acids is 1. The van der Waals surface area contributed by atoms with Crippen molar-refractivity contribution in [3.8, 4) is 5.75 Å². The van der Waals surface area contributed by atoms with E-state index in [0.717, 1.165) is 63.3 Å². The molecule has 8 nitrogen and oxygen atoms in total. The number of anilines is 1. The Morgan fingerprint density at radius 1 is 1.13 bits per heavy atom. The molecule has 3 atom stereocenters. The molecule has 1 aromatic carbocycles. The van der Waals surface area contributed by atoms with Gasteiger partial charge < -0.3 is 20.1 Å². The van der Waals surface area contributed by atoms with Crippen LogP contribution in [0.25, 0.3) is 0 Å². The molecule has 38 heavy (non-hydrogen) atoms. The number of para-hydroxylation sites is 1. The van der Waals surface area contributed by atoms with Crippen LogP contribution >= 0.6 is 0 Å². The second-order valence-electron chi connectivity index (χ2n) is 11.2. The summed E-state index contributed by atoms with van der Waals surface area (Å²) in [5, 5.41) is 13.5. The molecule has 0 radical (unpaired) electrons. The number of likely N-dealkylation sites (tertiary alicyclic amines) is 2. The van der Waals surface area contributed by atoms with Crippen molar-refractivity contribution in [2.75, 3.05) is 38.0 Å². The molecule has 5 rings (SSSR count). The fourth-order valence-electron chi connectivity index (χ4n) is 6.16. The zero-order chi connectivity index (χ0) is 26.6. The van der Waals surface area contributed by atoms with Crippen molar-refractivity contribution in [2.24, 2.45) is 11.8 Å². The van der Waals surface area contributed by atoms with E-state index in [9.17, 15) is 14.7 Å². The van der Waals surface area contributed by atoms with Crippen LogP contribution in [0, 0.1) is 11.8 Å². The van der Waals surface area contributed by atoms with E-state index < -0.39 is 12.0 Å². The molecule has 3 unspecified atom stereocenters. The summed E-state index contributed by atoms with van der Waals surface area (Å²) >= 11 is 0. The Kier molecular flexibility index (Phi) is 8.17. The normalized spacial score (nSPS) is 22.2. The summed E-state index contributed by atoms with van der Waals surface area (Å²) in [5.41, 5.74) is 3.08. The van der Waals surface area contributed by atoms with Crippen molar-refractivity contribution < 1.29 is 19.4 Å². The maximum absolute atomic E-state index is 13.4. The highest BCUT2D eigenvalue weighted by Crippen LogP contribution is 2.35. The number of pyridine rings is 1. The van der Waals surface area contributed by atoms with E-state index in [2.05, 4.69) is 17.4 Å². The van der Waals surface area contributed by atoms with Crippen LogP contribution < -0.4 is 10.1 Å². The van der Waals surface area contributed by atoms with Crippen molar-refractivity contribution in [1.82, 2.24) is 14.8 Å². The number of ether oxygens (including phenoxy) is 1. The van der Waals surface area contributed by atoms with Crippen molar-refractivity contribution >= 4 is 17.7 Å². The number of rotatable bonds is 9. The first-order valence-corrected chi connectivity index (χ1v) is 14.1. The van der Waals surface area contributed by atoms with Crippen LogP contribution in [-0.2, 0) is 22.4 Å². The highest BCUT2D eigenvalue weighted by Gasteiger charge is 2.40. The third kappa shape index (κ3) is 5.96. The van der Waals surface area contributed by atoms with E-state index >= 15 is 0 Å². The van der Waals surface area contributed by atoms with Crippen LogP contribution in [0.5, 0.6) is 5.75 Å². The summed E-state index contributed by atoms with van der Waals surface area (Å²) in [6.45, 7) is 7.46. The smallest absolute Gasteiger partial charge is 0.325 e. The first-order valence-electron chi connectivity index (χ1n) is 14.1. The Morgan fingerprint density at radius 2 is 1.97 bits per heavy atom. The predicted octanol–water partition coefficient (Wildman–Crippen LogP) is 4.16. The average Bonchev–Trinajstić information content (AvgIpc) is 3.58. The molecule has 1 aromatic heterocycles. The summed E-state index contributed by atoms with van der Waals surface area (Å²) < 4.78 is 5.91. The van der Waals surface area contributed by atoms with E-state index in [0.29, 0.717) is 36.7 Å². The van der Waals surface area contributed by atoms with E-state index in [1.807, 2.05) is 47.9 Å². The van der Waals surface area contributed by atoms with Gasteiger partial charge in [0.25, 0.3) is 0 Å². The quantitative estimate of drug-likeness (QED) is 0.513. The number of aryl methyl sites for hydroxylation is 2. The molecule has 0 bridgehead atoms. The number of nitrogens with zero attached hydrogens (tertiary/aromatic N) is 3. The van der Waals surface area contributed by atoms with Gasteiger partial charge in [-0.25, -0.2) is 4.98 Å². The number of hydrogen-bond acceptors (Lipinski definition) is 6. The van der Waals surface area contributed by atoms with E-state index in [1.165, 1.54) is 5.56 Å². The van der Waals surface area contributed by atoms with Crippen LogP contribution in [0.1, 0.15) is 62.4 Å². The van der Waals surface area contributed by atoms with Gasteiger partial charge >= 0.3 is 5.97 Å². The molecule has 3 aliphatic rings. The molecular weight excluding hydrogens is 480 g/mol. The lowest BCUT2D eigenvalue weighted by atomic mass is 10.00. The van der Waals surface area contributed by atoms with Gasteiger partial charge in [0.1, 0.15) is 17.6 Å². The number of benzene rings is 1. The first-order chi connectivity index (χ1) is 18.4. The second-order valence-corrected chi connectivity index (χ2v) is 11.2. The maximum Gasteiger partial charge on any atom is 0.325 e. The molecule has 4 heterocycles. The third-order valence-corrected chi connectivity index (χ3v) is 8.10. The lowest BCUT2D eigenvalue weighted by Gasteiger charge is -2.27. The minimum atomic E-state index is -0.912. The largest absolute Gasteiger partial charge is 0.491 e. The number of carboxylic acid groups (broad SMARTS) is 1. The molecule has 2 fully saturated rings. The number of carbonyl (C=O) groups excluding carboxylic acids is 1. The van der Waals surface area contributed by atoms with Gasteiger partial charge in [-0.3, -0.25) is 14.5 Å². The van der Waals surface area contributed by atoms with Gasteiger partial charge in [-0.2, -0.15) is 0 Å². The summed E-state index contributed by atoms with van der Waals surface area (Å²) in [7, 11) is 0. The van der Waals surface area contributed by atoms with Gasteiger partial charge in [0.05, 0.1) is 12.0 Å². The monoisotopic (exact) mass is 520 g/mol. The molecule has 1 amide bonds. The van der Waals surface area contributed by atoms with E-state index in [1.54, 1.807) is 0 Å². The lowest BCUT2D eigenvalue weighted by molar-refractivity contribution is -0.144. The number of carboxylic acids is 1. The summed E-state index contributed by atoms with van der Waals surface area (Å²) in [5.74, 6) is 1.21. The van der Waals surface area contributed by atoms with E-state index in [-0.39, 0.29) is 17.9 Å². The maximum atomic E-state index is 13.4. The molecule has 2 N–H and O–H groups in total. The number of amides is 1. The topological polar surface area (TPSA) is 95.0 Å². The van der Waals surface area contributed by atoms with Crippen LogP contribution in [0.2, 0.25) is 0 Å². The fourth-order valence-corrected chi connectivity index (χ4v) is 6.16. The van der Waals surface area contributed by atoms with Gasteiger partial charge in [-0.15, -0.1) is 0 Å². The number of hydrogen-bond donors (Lipinski definition) is 2. The SMILES string of the molecule is CC(C)Oc1ccccc1C(C(=O)O)N1CCC(C(=O)N2CCC(CCc3ccc4c(n3)NCCC4)C2)C1. The highest BCUT2D eigenvalue weighted by atomic mass is 16.5. The standard InChI is InChI=1S/C30H40N4O4/c1-20(2)38-26-8-4-3-7-25(26)27(30(36)37)33-17-14-23(19-33)29(35)34-16-13-21(18-34)9-11-24-12-10-22-6-5-15-31-28(22)32-24/h3-4,7-8,10,12,20-21,23,27H,5-6,9,11,13-19H2,1-2H3,(H,31,32)(H,36,37). The molecule has 0 aliphatic carbocycles. The van der Waals surface area contributed by atoms with Crippen molar-refractivity contribution in [1.29, 1.82) is 0 Å². The van der Waals surface area contributed by atoms with E-state index in [4.69, 9.17) is 9.72 Å². The Morgan fingerprint density at radius 3 is 2.79 bits per heavy atom. The molecule has 0 saturated carbocycles. The van der Waals surface area contributed by atoms with Crippen molar-refractivity contribution in [2.45, 2.75) is 64.5 Å². The number of aromatic nitrogens is 1.